The third-order valence-electron chi connectivity index (χ3n) is 6.01. The molecule has 7 nitrogen and oxygen atoms in total. The molecular weight excluding hydrogens is 568 g/mol. The van der Waals surface area contributed by atoms with Gasteiger partial charge in [-0.1, -0.05) is 64.2 Å². The van der Waals surface area contributed by atoms with Gasteiger partial charge in [0.2, 0.25) is 0 Å². The summed E-state index contributed by atoms with van der Waals surface area (Å²) in [7, 11) is 1.58. The number of allylic oxidation sites excluding steroid dienone is 1. The lowest BCUT2D eigenvalue weighted by Crippen LogP contribution is -2.39. The van der Waals surface area contributed by atoms with Gasteiger partial charge >= 0.3 is 5.97 Å². The second kappa shape index (κ2) is 10.8. The van der Waals surface area contributed by atoms with Gasteiger partial charge in [-0.3, -0.25) is 9.36 Å². The van der Waals surface area contributed by atoms with Crippen LogP contribution < -0.4 is 19.6 Å². The maximum absolute atomic E-state index is 13.8. The molecule has 0 aliphatic carbocycles. The first kappa shape index (κ1) is 25.7. The van der Waals surface area contributed by atoms with Crippen molar-refractivity contribution in [3.8, 4) is 17.1 Å². The molecule has 2 aromatic carbocycles. The van der Waals surface area contributed by atoms with Crippen molar-refractivity contribution in [2.24, 2.45) is 4.99 Å². The molecule has 4 aromatic rings. The van der Waals surface area contributed by atoms with Gasteiger partial charge in [-0.2, -0.15) is 0 Å². The Kier molecular flexibility index (Phi) is 7.31. The van der Waals surface area contributed by atoms with E-state index < -0.39 is 12.0 Å². The number of hydrogen-bond donors (Lipinski definition) is 0. The number of methoxy groups -OCH3 is 1. The molecule has 3 heterocycles. The van der Waals surface area contributed by atoms with E-state index in [0.29, 0.717) is 37.9 Å². The summed E-state index contributed by atoms with van der Waals surface area (Å²) in [6.07, 6.45) is 3.20. The number of nitrogens with zero attached hydrogens (tertiary/aromatic N) is 2. The highest BCUT2D eigenvalue weighted by molar-refractivity contribution is 9.10. The predicted molar refractivity (Wildman–Crippen MR) is 150 cm³/mol. The first-order valence-electron chi connectivity index (χ1n) is 11.7. The maximum atomic E-state index is 13.8. The van der Waals surface area contributed by atoms with E-state index in [9.17, 15) is 9.59 Å². The Morgan fingerprint density at radius 2 is 2.00 bits per heavy atom. The highest BCUT2D eigenvalue weighted by atomic mass is 79.9. The number of hydrogen-bond acceptors (Lipinski definition) is 7. The van der Waals surface area contributed by atoms with Crippen LogP contribution in [-0.4, -0.2) is 24.3 Å². The fraction of sp³-hybridized carbons (Fsp3) is 0.138. The summed E-state index contributed by atoms with van der Waals surface area (Å²) in [6, 6.07) is 18.0. The largest absolute Gasteiger partial charge is 0.497 e. The van der Waals surface area contributed by atoms with Crippen molar-refractivity contribution in [3.63, 3.8) is 0 Å². The van der Waals surface area contributed by atoms with Crippen LogP contribution in [0.25, 0.3) is 17.4 Å². The summed E-state index contributed by atoms with van der Waals surface area (Å²) >= 11 is 4.72. The molecule has 0 fully saturated rings. The van der Waals surface area contributed by atoms with Crippen LogP contribution in [-0.2, 0) is 9.53 Å². The third kappa shape index (κ3) is 4.94. The molecule has 1 atom stereocenters. The van der Waals surface area contributed by atoms with Gasteiger partial charge in [0, 0.05) is 16.1 Å². The Labute approximate surface area is 230 Å². The topological polar surface area (TPSA) is 83.0 Å². The van der Waals surface area contributed by atoms with Gasteiger partial charge in [0.25, 0.3) is 5.56 Å². The summed E-state index contributed by atoms with van der Waals surface area (Å²) in [5, 5.41) is 0. The van der Waals surface area contributed by atoms with Gasteiger partial charge in [-0.15, -0.1) is 0 Å². The minimum atomic E-state index is -0.717. The van der Waals surface area contributed by atoms with Crippen molar-refractivity contribution in [2.45, 2.75) is 13.0 Å². The molecule has 0 spiro atoms. The number of fused-ring (bicyclic) bond motifs is 1. The average molecular weight is 591 g/mol. The molecule has 0 saturated heterocycles. The summed E-state index contributed by atoms with van der Waals surface area (Å²) < 4.78 is 19.6. The number of thiazole rings is 1. The standard InChI is InChI=1S/C29H23BrN2O5S/c1-4-14-36-28(34)25-17(2)31-29-32(26(25)18-8-10-21(35-3)11-9-18)27(33)24(38-29)16-22-12-13-23(37-22)19-6-5-7-20(30)15-19/h4-13,15-16,26H,1,14H2,2-3H3/b24-16+/t26-/m1/s1. The highest BCUT2D eigenvalue weighted by Crippen LogP contribution is 2.32. The van der Waals surface area contributed by atoms with E-state index in [0.717, 1.165) is 15.6 Å². The fourth-order valence-electron chi connectivity index (χ4n) is 4.25. The second-order valence-electron chi connectivity index (χ2n) is 8.45. The number of aromatic nitrogens is 1. The minimum Gasteiger partial charge on any atom is -0.497 e. The second-order valence-corrected chi connectivity index (χ2v) is 10.4. The summed E-state index contributed by atoms with van der Waals surface area (Å²) in [5.41, 5.74) is 2.15. The number of esters is 1. The van der Waals surface area contributed by atoms with Crippen LogP contribution in [0.5, 0.6) is 5.75 Å². The molecule has 0 bridgehead atoms. The van der Waals surface area contributed by atoms with Crippen LogP contribution in [0.2, 0.25) is 0 Å². The van der Waals surface area contributed by atoms with Gasteiger partial charge in [0.15, 0.2) is 4.80 Å². The number of rotatable bonds is 7. The number of benzene rings is 2. The van der Waals surface area contributed by atoms with Gasteiger partial charge in [0.05, 0.1) is 29.0 Å². The van der Waals surface area contributed by atoms with Crippen molar-refractivity contribution in [1.82, 2.24) is 4.57 Å². The average Bonchev–Trinajstić information content (AvgIpc) is 3.51. The van der Waals surface area contributed by atoms with Crippen molar-refractivity contribution >= 4 is 39.3 Å². The van der Waals surface area contributed by atoms with Gasteiger partial charge in [0.1, 0.15) is 23.9 Å². The van der Waals surface area contributed by atoms with E-state index in [-0.39, 0.29) is 12.2 Å². The molecule has 192 valence electrons. The monoisotopic (exact) mass is 590 g/mol. The maximum Gasteiger partial charge on any atom is 0.338 e. The Bertz CT molecular complexity index is 1740. The third-order valence-corrected chi connectivity index (χ3v) is 7.49. The van der Waals surface area contributed by atoms with Gasteiger partial charge in [-0.25, -0.2) is 9.79 Å². The van der Waals surface area contributed by atoms with Crippen molar-refractivity contribution in [3.05, 3.63) is 120 Å². The lowest BCUT2D eigenvalue weighted by atomic mass is 9.96. The lowest BCUT2D eigenvalue weighted by molar-refractivity contribution is -0.138. The Hall–Kier alpha value is -3.95. The minimum absolute atomic E-state index is 0.0498. The number of furan rings is 1. The van der Waals surface area contributed by atoms with Gasteiger partial charge in [-0.05, 0) is 48.9 Å². The first-order chi connectivity index (χ1) is 18.4. The van der Waals surface area contributed by atoms with E-state index in [1.54, 1.807) is 32.2 Å². The SMILES string of the molecule is C=CCOC(=O)C1=C(C)N=c2s/c(=C/c3ccc(-c4cccc(Br)c4)o3)c(=O)n2[C@@H]1c1ccc(OC)cc1. The summed E-state index contributed by atoms with van der Waals surface area (Å²) in [5.74, 6) is 1.33. The molecular formula is C29H23BrN2O5S. The van der Waals surface area contributed by atoms with Crippen LogP contribution in [0.4, 0.5) is 0 Å². The molecule has 1 aliphatic rings. The molecule has 5 rings (SSSR count). The molecule has 2 aromatic heterocycles. The molecule has 0 amide bonds. The summed E-state index contributed by atoms with van der Waals surface area (Å²) in [4.78, 5) is 31.9. The zero-order chi connectivity index (χ0) is 26.8. The van der Waals surface area contributed by atoms with Crippen LogP contribution in [0.15, 0.2) is 103 Å². The van der Waals surface area contributed by atoms with Crippen molar-refractivity contribution in [2.75, 3.05) is 13.7 Å². The van der Waals surface area contributed by atoms with E-state index in [2.05, 4.69) is 27.5 Å². The number of ether oxygens (including phenoxy) is 2. The quantitative estimate of drug-likeness (QED) is 0.223. The molecule has 0 N–H and O–H groups in total. The van der Waals surface area contributed by atoms with Gasteiger partial charge < -0.3 is 13.9 Å². The van der Waals surface area contributed by atoms with E-state index in [4.69, 9.17) is 13.9 Å². The highest BCUT2D eigenvalue weighted by Gasteiger charge is 2.33. The lowest BCUT2D eigenvalue weighted by Gasteiger charge is -2.24. The Balaban J connectivity index is 1.62. The number of carbonyl (C=O) groups is 1. The van der Waals surface area contributed by atoms with E-state index in [1.165, 1.54) is 22.0 Å². The molecule has 9 heteroatoms. The number of carbonyl (C=O) groups excluding carboxylic acids is 1. The van der Waals surface area contributed by atoms with Crippen molar-refractivity contribution in [1.29, 1.82) is 0 Å². The summed E-state index contributed by atoms with van der Waals surface area (Å²) in [6.45, 7) is 5.41. The first-order valence-corrected chi connectivity index (χ1v) is 13.3. The Morgan fingerprint density at radius 1 is 1.21 bits per heavy atom. The molecule has 38 heavy (non-hydrogen) atoms. The van der Waals surface area contributed by atoms with Crippen LogP contribution >= 0.6 is 27.3 Å². The Morgan fingerprint density at radius 3 is 2.71 bits per heavy atom. The van der Waals surface area contributed by atoms with Crippen LogP contribution in [0, 0.1) is 0 Å². The zero-order valence-electron chi connectivity index (χ0n) is 20.6. The normalized spacial score (nSPS) is 15.1. The fourth-order valence-corrected chi connectivity index (χ4v) is 5.68. The smallest absolute Gasteiger partial charge is 0.338 e. The van der Waals surface area contributed by atoms with E-state index >= 15 is 0 Å². The van der Waals surface area contributed by atoms with Crippen LogP contribution in [0.3, 0.4) is 0 Å². The van der Waals surface area contributed by atoms with Crippen LogP contribution in [0.1, 0.15) is 24.3 Å². The zero-order valence-corrected chi connectivity index (χ0v) is 23.0. The van der Waals surface area contributed by atoms with Crippen molar-refractivity contribution < 1.29 is 18.7 Å². The van der Waals surface area contributed by atoms with E-state index in [1.807, 2.05) is 48.5 Å². The molecule has 0 unspecified atom stereocenters. The predicted octanol–water partition coefficient (Wildman–Crippen LogP) is 5.00. The number of halogens is 1. The molecule has 1 aliphatic heterocycles. The molecule has 0 saturated carbocycles. The molecule has 0 radical (unpaired) electrons.